The highest BCUT2D eigenvalue weighted by Crippen LogP contribution is 2.29. The molecule has 154 valence electrons. The number of nitrogens with one attached hydrogen (secondary N) is 1. The Balaban J connectivity index is 1.78. The smallest absolute Gasteiger partial charge is 0.271 e. The highest BCUT2D eigenvalue weighted by Gasteiger charge is 2.21. The lowest BCUT2D eigenvalue weighted by Crippen LogP contribution is -2.23. The van der Waals surface area contributed by atoms with Crippen molar-refractivity contribution < 1.29 is 9.72 Å². The Morgan fingerprint density at radius 3 is 2.80 bits per heavy atom. The molecule has 0 bridgehead atoms. The van der Waals surface area contributed by atoms with Gasteiger partial charge >= 0.3 is 0 Å². The first-order valence-corrected chi connectivity index (χ1v) is 10.2. The Morgan fingerprint density at radius 2 is 2.10 bits per heavy atom. The standard InChI is InChI=1S/C20H18ClN5O3S/c1-3-10-25-18(14-6-4-7-15(21)11-14)23-24-20(25)30-13(2)19(27)22-16-8-5-9-17(12-16)26(28)29/h3-9,11-13H,1,10H2,2H3,(H,22,27). The highest BCUT2D eigenvalue weighted by atomic mass is 35.5. The molecule has 1 unspecified atom stereocenters. The molecule has 0 aliphatic rings. The first-order valence-electron chi connectivity index (χ1n) is 8.91. The average Bonchev–Trinajstić information content (AvgIpc) is 3.10. The van der Waals surface area contributed by atoms with Gasteiger partial charge in [0.1, 0.15) is 0 Å². The molecule has 0 aliphatic carbocycles. The number of amides is 1. The molecule has 30 heavy (non-hydrogen) atoms. The summed E-state index contributed by atoms with van der Waals surface area (Å²) in [5, 5.41) is 22.7. The van der Waals surface area contributed by atoms with Crippen LogP contribution in [0.25, 0.3) is 11.4 Å². The zero-order chi connectivity index (χ0) is 21.7. The molecule has 3 aromatic rings. The topological polar surface area (TPSA) is 103 Å². The van der Waals surface area contributed by atoms with Crippen LogP contribution in [-0.2, 0) is 11.3 Å². The van der Waals surface area contributed by atoms with Gasteiger partial charge < -0.3 is 5.32 Å². The van der Waals surface area contributed by atoms with Crippen LogP contribution in [0.4, 0.5) is 11.4 Å². The molecule has 0 aliphatic heterocycles. The van der Waals surface area contributed by atoms with E-state index in [0.717, 1.165) is 5.56 Å². The number of halogens is 1. The molecule has 0 spiro atoms. The van der Waals surface area contributed by atoms with E-state index in [1.54, 1.807) is 31.2 Å². The fourth-order valence-corrected chi connectivity index (χ4v) is 3.71. The Bertz CT molecular complexity index is 1100. The lowest BCUT2D eigenvalue weighted by atomic mass is 10.2. The van der Waals surface area contributed by atoms with Crippen LogP contribution >= 0.6 is 23.4 Å². The van der Waals surface area contributed by atoms with Crippen LogP contribution in [0.1, 0.15) is 6.92 Å². The van der Waals surface area contributed by atoms with E-state index < -0.39 is 10.2 Å². The normalized spacial score (nSPS) is 11.7. The molecule has 1 heterocycles. The van der Waals surface area contributed by atoms with Crippen molar-refractivity contribution in [2.75, 3.05) is 5.32 Å². The van der Waals surface area contributed by atoms with Crippen molar-refractivity contribution in [3.05, 3.63) is 76.3 Å². The minimum Gasteiger partial charge on any atom is -0.325 e. The number of aromatic nitrogens is 3. The summed E-state index contributed by atoms with van der Waals surface area (Å²) in [5.74, 6) is 0.309. The monoisotopic (exact) mass is 443 g/mol. The number of hydrogen-bond acceptors (Lipinski definition) is 6. The number of anilines is 1. The van der Waals surface area contributed by atoms with Crippen LogP contribution in [0.3, 0.4) is 0 Å². The molecular weight excluding hydrogens is 426 g/mol. The summed E-state index contributed by atoms with van der Waals surface area (Å²) in [6.07, 6.45) is 1.72. The Hall–Kier alpha value is -3.17. The number of hydrogen-bond donors (Lipinski definition) is 1. The Morgan fingerprint density at radius 1 is 1.33 bits per heavy atom. The second-order valence-electron chi connectivity index (χ2n) is 6.27. The summed E-state index contributed by atoms with van der Waals surface area (Å²) < 4.78 is 1.85. The molecule has 1 amide bonds. The molecule has 1 N–H and O–H groups in total. The van der Waals surface area contributed by atoms with Gasteiger partial charge in [-0.15, -0.1) is 16.8 Å². The number of carbonyl (C=O) groups is 1. The molecule has 10 heteroatoms. The van der Waals surface area contributed by atoms with Crippen LogP contribution in [-0.4, -0.2) is 30.8 Å². The number of non-ortho nitro benzene ring substituents is 1. The molecule has 0 fully saturated rings. The second-order valence-corrected chi connectivity index (χ2v) is 8.02. The van der Waals surface area contributed by atoms with Gasteiger partial charge in [-0.1, -0.05) is 47.6 Å². The van der Waals surface area contributed by atoms with E-state index in [2.05, 4.69) is 22.1 Å². The van der Waals surface area contributed by atoms with Crippen molar-refractivity contribution in [2.24, 2.45) is 0 Å². The Kier molecular flexibility index (Phi) is 6.86. The van der Waals surface area contributed by atoms with E-state index in [0.29, 0.717) is 28.2 Å². The van der Waals surface area contributed by atoms with Gasteiger partial charge in [0.15, 0.2) is 11.0 Å². The minimum atomic E-state index is -0.524. The third-order valence-corrected chi connectivity index (χ3v) is 5.40. The lowest BCUT2D eigenvalue weighted by molar-refractivity contribution is -0.384. The van der Waals surface area contributed by atoms with E-state index in [9.17, 15) is 14.9 Å². The fourth-order valence-electron chi connectivity index (χ4n) is 2.66. The summed E-state index contributed by atoms with van der Waals surface area (Å²) >= 11 is 7.32. The second kappa shape index (κ2) is 9.55. The van der Waals surface area contributed by atoms with Crippen molar-refractivity contribution in [3.8, 4) is 11.4 Å². The van der Waals surface area contributed by atoms with E-state index in [1.165, 1.54) is 30.0 Å². The van der Waals surface area contributed by atoms with Gasteiger partial charge in [0.2, 0.25) is 5.91 Å². The number of nitro groups is 1. The van der Waals surface area contributed by atoms with E-state index in [1.807, 2.05) is 16.7 Å². The Labute approximate surface area is 182 Å². The number of allylic oxidation sites excluding steroid dienone is 1. The van der Waals surface area contributed by atoms with Gasteiger partial charge in [-0.05, 0) is 25.1 Å². The number of carbonyl (C=O) groups excluding carboxylic acids is 1. The van der Waals surface area contributed by atoms with Crippen LogP contribution in [0.2, 0.25) is 5.02 Å². The van der Waals surface area contributed by atoms with Gasteiger partial charge in [-0.3, -0.25) is 19.5 Å². The summed E-state index contributed by atoms with van der Waals surface area (Å²) in [4.78, 5) is 23.0. The maximum atomic E-state index is 12.6. The van der Waals surface area contributed by atoms with Gasteiger partial charge in [-0.2, -0.15) is 0 Å². The molecule has 1 aromatic heterocycles. The number of thioether (sulfide) groups is 1. The maximum Gasteiger partial charge on any atom is 0.271 e. The molecular formula is C20H18ClN5O3S. The van der Waals surface area contributed by atoms with Gasteiger partial charge in [0, 0.05) is 35.0 Å². The van der Waals surface area contributed by atoms with Gasteiger partial charge in [-0.25, -0.2) is 0 Å². The van der Waals surface area contributed by atoms with Crippen LogP contribution < -0.4 is 5.32 Å². The highest BCUT2D eigenvalue weighted by molar-refractivity contribution is 8.00. The van der Waals surface area contributed by atoms with Crippen molar-refractivity contribution in [2.45, 2.75) is 23.9 Å². The minimum absolute atomic E-state index is 0.0926. The summed E-state index contributed by atoms with van der Waals surface area (Å²) in [7, 11) is 0. The largest absolute Gasteiger partial charge is 0.325 e. The summed E-state index contributed by atoms with van der Waals surface area (Å²) in [6.45, 7) is 5.96. The van der Waals surface area contributed by atoms with Crippen molar-refractivity contribution in [1.82, 2.24) is 14.8 Å². The predicted molar refractivity (Wildman–Crippen MR) is 118 cm³/mol. The first kappa shape index (κ1) is 21.5. The molecule has 1 atom stereocenters. The zero-order valence-corrected chi connectivity index (χ0v) is 17.6. The predicted octanol–water partition coefficient (Wildman–Crippen LogP) is 4.81. The molecule has 0 saturated heterocycles. The fraction of sp³-hybridized carbons (Fsp3) is 0.150. The lowest BCUT2D eigenvalue weighted by Gasteiger charge is -2.13. The maximum absolute atomic E-state index is 12.6. The third kappa shape index (κ3) is 5.05. The number of rotatable bonds is 8. The van der Waals surface area contributed by atoms with Gasteiger partial charge in [0.05, 0.1) is 10.2 Å². The zero-order valence-electron chi connectivity index (χ0n) is 16.0. The SMILES string of the molecule is C=CCn1c(SC(C)C(=O)Nc2cccc([N+](=O)[O-])c2)nnc1-c1cccc(Cl)c1. The number of benzene rings is 2. The molecule has 2 aromatic carbocycles. The van der Waals surface area contributed by atoms with Crippen molar-refractivity contribution in [3.63, 3.8) is 0 Å². The van der Waals surface area contributed by atoms with Crippen LogP contribution in [0, 0.1) is 10.1 Å². The average molecular weight is 444 g/mol. The van der Waals surface area contributed by atoms with Crippen molar-refractivity contribution >= 4 is 40.6 Å². The quantitative estimate of drug-likeness (QED) is 0.232. The first-order chi connectivity index (χ1) is 14.4. The number of nitrogens with zero attached hydrogens (tertiary/aromatic N) is 4. The molecule has 0 radical (unpaired) electrons. The third-order valence-electron chi connectivity index (χ3n) is 4.09. The van der Waals surface area contributed by atoms with E-state index >= 15 is 0 Å². The van der Waals surface area contributed by atoms with Crippen LogP contribution in [0.5, 0.6) is 0 Å². The van der Waals surface area contributed by atoms with Crippen LogP contribution in [0.15, 0.2) is 66.3 Å². The summed E-state index contributed by atoms with van der Waals surface area (Å²) in [5.41, 5.74) is 1.07. The molecule has 3 rings (SSSR count). The van der Waals surface area contributed by atoms with Gasteiger partial charge in [0.25, 0.3) is 5.69 Å². The summed E-state index contributed by atoms with van der Waals surface area (Å²) in [6, 6.07) is 13.1. The van der Waals surface area contributed by atoms with Crippen molar-refractivity contribution in [1.29, 1.82) is 0 Å². The van der Waals surface area contributed by atoms with E-state index in [-0.39, 0.29) is 11.6 Å². The molecule has 0 saturated carbocycles. The molecule has 8 nitrogen and oxygen atoms in total. The number of nitro benzene ring substituents is 1. The van der Waals surface area contributed by atoms with E-state index in [4.69, 9.17) is 11.6 Å².